The molecule has 3 aromatic carbocycles. The lowest BCUT2D eigenvalue weighted by atomic mass is 9.85. The Bertz CT molecular complexity index is 1450. The number of nitrogen functional groups attached to an aromatic ring is 1. The summed E-state index contributed by atoms with van der Waals surface area (Å²) in [6.45, 7) is 2.78. The molecule has 0 heterocycles. The number of methoxy groups -OCH3 is 1. The number of nitrogens with zero attached hydrogens (tertiary/aromatic N) is 2. The third-order valence-electron chi connectivity index (χ3n) is 7.85. The number of hydrogen-bond acceptors (Lipinski definition) is 8. The molecule has 0 aliphatic carbocycles. The molecule has 46 heavy (non-hydrogen) atoms. The molecule has 0 aromatic heterocycles. The van der Waals surface area contributed by atoms with Crippen LogP contribution in [0.4, 0.5) is 14.9 Å². The molecule has 0 radical (unpaired) electrons. The smallest absolute Gasteiger partial charge is 0.416 e. The van der Waals surface area contributed by atoms with Crippen molar-refractivity contribution in [2.75, 3.05) is 32.5 Å². The van der Waals surface area contributed by atoms with Crippen molar-refractivity contribution in [1.82, 2.24) is 9.21 Å². The van der Waals surface area contributed by atoms with Crippen LogP contribution < -0.4 is 11.5 Å². The third kappa shape index (κ3) is 9.58. The lowest BCUT2D eigenvalue weighted by Gasteiger charge is -2.31. The van der Waals surface area contributed by atoms with E-state index < -0.39 is 59.3 Å². The van der Waals surface area contributed by atoms with E-state index in [0.717, 1.165) is 18.2 Å². The number of aliphatic hydroxyl groups excluding tert-OH is 1. The van der Waals surface area contributed by atoms with Crippen LogP contribution in [0, 0.1) is 5.92 Å². The monoisotopic (exact) mass is 656 g/mol. The zero-order valence-electron chi connectivity index (χ0n) is 26.5. The van der Waals surface area contributed by atoms with Gasteiger partial charge in [-0.3, -0.25) is 4.79 Å². The molecule has 0 bridgehead atoms. The van der Waals surface area contributed by atoms with Gasteiger partial charge in [-0.25, -0.2) is 22.5 Å². The number of hydrogen-bond donors (Lipinski definition) is 3. The maximum absolute atomic E-state index is 15.7. The van der Waals surface area contributed by atoms with Crippen molar-refractivity contribution in [2.24, 2.45) is 11.7 Å². The summed E-state index contributed by atoms with van der Waals surface area (Å²) in [4.78, 5) is 27.2. The number of ether oxygens (including phenoxy) is 1. The first-order valence-electron chi connectivity index (χ1n) is 15.3. The van der Waals surface area contributed by atoms with Crippen LogP contribution in [-0.2, 0) is 19.6 Å². The van der Waals surface area contributed by atoms with Crippen LogP contribution in [0.15, 0.2) is 89.8 Å². The summed E-state index contributed by atoms with van der Waals surface area (Å²) in [6.07, 6.45) is -2.64. The largest absolute Gasteiger partial charge is 0.452 e. The Morgan fingerprint density at radius 3 is 1.91 bits per heavy atom. The summed E-state index contributed by atoms with van der Waals surface area (Å²) in [6, 6.07) is 21.7. The molecule has 2 amide bonds. The van der Waals surface area contributed by atoms with Crippen LogP contribution in [0.25, 0.3) is 0 Å². The van der Waals surface area contributed by atoms with Crippen molar-refractivity contribution in [3.63, 3.8) is 0 Å². The standard InChI is InChI=1S/C34H45FN4O6S/c1-24(2)20-21-39(46(43,44)30-18-15-28(36)16-19-30)29(23-40)17-14-27(35)22-38(34(42)45-3)33(41)32(37)31(25-10-6-4-7-11-25)26-12-8-5-9-13-26/h4-13,15-16,18-19,24,27,29,31-32,40H,14,17,20-23,36-37H2,1-3H3/t27?,29-,32-/m0/s1. The van der Waals surface area contributed by atoms with E-state index in [1.165, 1.54) is 28.6 Å². The Kier molecular flexibility index (Phi) is 13.7. The maximum Gasteiger partial charge on any atom is 0.416 e. The summed E-state index contributed by atoms with van der Waals surface area (Å²) in [7, 11) is -2.97. The second kappa shape index (κ2) is 17.2. The Morgan fingerprint density at radius 1 is 0.891 bits per heavy atom. The van der Waals surface area contributed by atoms with Crippen LogP contribution in [0.3, 0.4) is 0 Å². The minimum absolute atomic E-state index is 0.00328. The number of aliphatic hydroxyl groups is 1. The fourth-order valence-electron chi connectivity index (χ4n) is 5.26. The third-order valence-corrected chi connectivity index (χ3v) is 9.81. The van der Waals surface area contributed by atoms with Gasteiger partial charge in [-0.2, -0.15) is 4.31 Å². The highest BCUT2D eigenvalue weighted by Gasteiger charge is 2.36. The minimum Gasteiger partial charge on any atom is -0.452 e. The number of anilines is 1. The lowest BCUT2D eigenvalue weighted by Crippen LogP contribution is -2.51. The first kappa shape index (κ1) is 36.6. The quantitative estimate of drug-likeness (QED) is 0.190. The van der Waals surface area contributed by atoms with Gasteiger partial charge < -0.3 is 21.3 Å². The zero-order chi connectivity index (χ0) is 33.9. The molecule has 0 saturated carbocycles. The van der Waals surface area contributed by atoms with Gasteiger partial charge in [0, 0.05) is 24.2 Å². The summed E-state index contributed by atoms with van der Waals surface area (Å²) in [5.74, 6) is -1.29. The summed E-state index contributed by atoms with van der Waals surface area (Å²) in [5.41, 5.74) is 14.1. The van der Waals surface area contributed by atoms with E-state index >= 15 is 4.39 Å². The van der Waals surface area contributed by atoms with Gasteiger partial charge in [0.2, 0.25) is 15.9 Å². The highest BCUT2D eigenvalue weighted by atomic mass is 32.2. The average molecular weight is 657 g/mol. The van der Waals surface area contributed by atoms with Gasteiger partial charge >= 0.3 is 6.09 Å². The average Bonchev–Trinajstić information content (AvgIpc) is 3.05. The van der Waals surface area contributed by atoms with Crippen LogP contribution in [0.2, 0.25) is 0 Å². The van der Waals surface area contributed by atoms with Crippen molar-refractivity contribution in [1.29, 1.82) is 0 Å². The first-order chi connectivity index (χ1) is 21.9. The second-order valence-corrected chi connectivity index (χ2v) is 13.5. The lowest BCUT2D eigenvalue weighted by molar-refractivity contribution is -0.131. The number of benzene rings is 3. The topological polar surface area (TPSA) is 156 Å². The van der Waals surface area contributed by atoms with E-state index in [0.29, 0.717) is 17.0 Å². The van der Waals surface area contributed by atoms with E-state index in [1.54, 1.807) is 0 Å². The number of halogens is 1. The second-order valence-electron chi connectivity index (χ2n) is 11.6. The number of amides is 2. The Labute approximate surface area is 271 Å². The first-order valence-corrected chi connectivity index (χ1v) is 16.7. The number of rotatable bonds is 16. The van der Waals surface area contributed by atoms with Crippen molar-refractivity contribution in [2.45, 2.75) is 62.2 Å². The van der Waals surface area contributed by atoms with Crippen LogP contribution in [0.5, 0.6) is 0 Å². The SMILES string of the molecule is COC(=O)N(CC(F)CC[C@@H](CO)N(CCC(C)C)S(=O)(=O)c1ccc(N)cc1)C(=O)[C@@H](N)C(c1ccccc1)c1ccccc1. The number of alkyl halides is 1. The van der Waals surface area contributed by atoms with Gasteiger partial charge in [-0.1, -0.05) is 74.5 Å². The predicted molar refractivity (Wildman–Crippen MR) is 176 cm³/mol. The molecular formula is C34H45FN4O6S. The van der Waals surface area contributed by atoms with Crippen molar-refractivity contribution in [3.05, 3.63) is 96.1 Å². The molecular weight excluding hydrogens is 611 g/mol. The predicted octanol–water partition coefficient (Wildman–Crippen LogP) is 4.54. The molecule has 0 saturated heterocycles. The molecule has 10 nitrogen and oxygen atoms in total. The van der Waals surface area contributed by atoms with Gasteiger partial charge in [-0.05, 0) is 60.6 Å². The Hall–Kier alpha value is -3.84. The van der Waals surface area contributed by atoms with Crippen molar-refractivity contribution >= 4 is 27.7 Å². The van der Waals surface area contributed by atoms with E-state index in [1.807, 2.05) is 74.5 Å². The summed E-state index contributed by atoms with van der Waals surface area (Å²) >= 11 is 0. The van der Waals surface area contributed by atoms with Crippen molar-refractivity contribution < 1.29 is 32.2 Å². The van der Waals surface area contributed by atoms with E-state index in [4.69, 9.17) is 16.2 Å². The molecule has 0 fully saturated rings. The Morgan fingerprint density at radius 2 is 1.43 bits per heavy atom. The molecule has 5 N–H and O–H groups in total. The van der Waals surface area contributed by atoms with E-state index in [9.17, 15) is 23.1 Å². The molecule has 0 aliphatic heterocycles. The van der Waals surface area contributed by atoms with Gasteiger partial charge in [0.25, 0.3) is 0 Å². The zero-order valence-corrected chi connectivity index (χ0v) is 27.4. The van der Waals surface area contributed by atoms with Crippen LogP contribution in [-0.4, -0.2) is 79.8 Å². The normalized spacial score (nSPS) is 13.8. The molecule has 3 aromatic rings. The van der Waals surface area contributed by atoms with Crippen LogP contribution in [0.1, 0.15) is 50.2 Å². The van der Waals surface area contributed by atoms with Gasteiger partial charge in [-0.15, -0.1) is 0 Å². The minimum atomic E-state index is -4.06. The Balaban J connectivity index is 1.81. The van der Waals surface area contributed by atoms with E-state index in [-0.39, 0.29) is 30.2 Å². The molecule has 250 valence electrons. The summed E-state index contributed by atoms with van der Waals surface area (Å²) < 4.78 is 48.9. The molecule has 12 heteroatoms. The number of nitrogens with two attached hydrogens (primary N) is 2. The fraction of sp³-hybridized carbons (Fsp3) is 0.412. The number of imide groups is 1. The molecule has 3 atom stereocenters. The molecule has 3 rings (SSSR count). The van der Waals surface area contributed by atoms with Gasteiger partial charge in [0.15, 0.2) is 0 Å². The molecule has 0 aliphatic rings. The molecule has 0 spiro atoms. The fourth-order valence-corrected chi connectivity index (χ4v) is 6.92. The number of carbonyl (C=O) groups is 2. The maximum atomic E-state index is 15.7. The highest BCUT2D eigenvalue weighted by molar-refractivity contribution is 7.89. The van der Waals surface area contributed by atoms with Crippen LogP contribution >= 0.6 is 0 Å². The van der Waals surface area contributed by atoms with Gasteiger partial charge in [0.05, 0.1) is 31.2 Å². The number of sulfonamides is 1. The van der Waals surface area contributed by atoms with E-state index in [2.05, 4.69) is 0 Å². The van der Waals surface area contributed by atoms with Crippen molar-refractivity contribution in [3.8, 4) is 0 Å². The number of carbonyl (C=O) groups excluding carboxylic acids is 2. The highest BCUT2D eigenvalue weighted by Crippen LogP contribution is 2.29. The molecule has 1 unspecified atom stereocenters. The summed E-state index contributed by atoms with van der Waals surface area (Å²) in [5, 5.41) is 10.3. The van der Waals surface area contributed by atoms with Gasteiger partial charge in [0.1, 0.15) is 6.17 Å².